The van der Waals surface area contributed by atoms with E-state index in [9.17, 15) is 10.1 Å². The van der Waals surface area contributed by atoms with E-state index < -0.39 is 21.9 Å². The molecule has 180 valence electrons. The molecular weight excluding hydrogens is 432 g/mol. The van der Waals surface area contributed by atoms with E-state index in [2.05, 4.69) is 21.8 Å². The normalized spacial score (nSPS) is 11.6. The average Bonchev–Trinajstić information content (AvgIpc) is 2.83. The first kappa shape index (κ1) is 29.1. The smallest absolute Gasteiger partial charge is 0.252 e. The van der Waals surface area contributed by atoms with Crippen molar-refractivity contribution in [2.75, 3.05) is 0 Å². The highest BCUT2D eigenvalue weighted by atomic mass is 16.1. The van der Waals surface area contributed by atoms with Crippen LogP contribution < -0.4 is 0 Å². The van der Waals surface area contributed by atoms with Crippen LogP contribution in [-0.4, -0.2) is 6.29 Å². The van der Waals surface area contributed by atoms with Gasteiger partial charge in [-0.1, -0.05) is 11.6 Å². The first-order valence-corrected chi connectivity index (χ1v) is 11.3. The van der Waals surface area contributed by atoms with Crippen molar-refractivity contribution in [1.82, 2.24) is 0 Å². The molecule has 2 aromatic carbocycles. The third-order valence-corrected chi connectivity index (χ3v) is 6.14. The Bertz CT molecular complexity index is 1180. The summed E-state index contributed by atoms with van der Waals surface area (Å²) in [7, 11) is 0. The lowest BCUT2D eigenvalue weighted by Gasteiger charge is -2.20. The summed E-state index contributed by atoms with van der Waals surface area (Å²) in [4.78, 5) is 18.2. The summed E-state index contributed by atoms with van der Waals surface area (Å²) in [5, 5.41) is 18.3. The number of rotatable bonds is 5. The molecule has 0 bridgehead atoms. The summed E-state index contributed by atoms with van der Waals surface area (Å²) in [6, 6.07) is 15.8. The molecule has 0 N–H and O–H groups in total. The Labute approximate surface area is 210 Å². The Balaban J connectivity index is 0.000000351. The molecule has 0 saturated heterocycles. The topological polar surface area (TPSA) is 73.4 Å². The first-order valence-electron chi connectivity index (χ1n) is 11.3. The van der Waals surface area contributed by atoms with Crippen LogP contribution in [0.3, 0.4) is 0 Å². The lowest BCUT2D eigenvalue weighted by Crippen LogP contribution is -2.18. The summed E-state index contributed by atoms with van der Waals surface area (Å²) in [6.45, 7) is 31.3. The molecule has 5 heteroatoms. The van der Waals surface area contributed by atoms with Gasteiger partial charge in [0.05, 0.1) is 23.0 Å². The fourth-order valence-electron chi connectivity index (χ4n) is 3.19. The standard InChI is InChI=1S/C15H16N2O.C15H18N2/c1-14(2,10-16)12-6-11(9-18)7-13(8-12)15(3,4)17-5;1-11-7-12(14(2,3)10-16)9-13(8-11)15(4,5)17-6/h6-9H,1-4H3;7-9H,1-5H3. The molecule has 0 heterocycles. The van der Waals surface area contributed by atoms with Crippen LogP contribution in [-0.2, 0) is 21.9 Å². The van der Waals surface area contributed by atoms with Crippen molar-refractivity contribution in [3.63, 3.8) is 0 Å². The molecule has 0 saturated carbocycles. The molecule has 0 fully saturated rings. The van der Waals surface area contributed by atoms with Crippen molar-refractivity contribution in [3.05, 3.63) is 92.6 Å². The van der Waals surface area contributed by atoms with Crippen molar-refractivity contribution >= 4 is 6.29 Å². The summed E-state index contributed by atoms with van der Waals surface area (Å²) < 4.78 is 0. The van der Waals surface area contributed by atoms with E-state index in [1.54, 1.807) is 39.8 Å². The van der Waals surface area contributed by atoms with E-state index in [0.717, 1.165) is 34.1 Å². The second-order valence-corrected chi connectivity index (χ2v) is 10.9. The van der Waals surface area contributed by atoms with Crippen molar-refractivity contribution < 1.29 is 4.79 Å². The maximum atomic E-state index is 11.0. The molecule has 0 aliphatic rings. The van der Waals surface area contributed by atoms with Gasteiger partial charge in [-0.3, -0.25) is 4.79 Å². The molecule has 0 aromatic heterocycles. The van der Waals surface area contributed by atoms with Crippen LogP contribution >= 0.6 is 0 Å². The zero-order valence-electron chi connectivity index (χ0n) is 22.2. The molecule has 35 heavy (non-hydrogen) atoms. The SMILES string of the molecule is [C-]#[N+]C(C)(C)c1cc(C)cc(C(C)(C)C#N)c1.[C-]#[N+]C(C)(C)c1cc(C=O)cc(C(C)(C)C#N)c1. The second-order valence-electron chi connectivity index (χ2n) is 10.9. The molecule has 0 spiro atoms. The Kier molecular flexibility index (Phi) is 8.78. The number of aldehydes is 1. The predicted molar refractivity (Wildman–Crippen MR) is 140 cm³/mol. The van der Waals surface area contributed by atoms with Crippen LogP contribution in [0, 0.1) is 42.7 Å². The number of benzene rings is 2. The number of carbonyl (C=O) groups excluding carboxylic acids is 1. The van der Waals surface area contributed by atoms with Gasteiger partial charge in [-0.2, -0.15) is 10.5 Å². The Morgan fingerprint density at radius 2 is 1.03 bits per heavy atom. The first-order chi connectivity index (χ1) is 16.0. The van der Waals surface area contributed by atoms with E-state index in [1.165, 1.54) is 0 Å². The fraction of sp³-hybridized carbons (Fsp3) is 0.433. The highest BCUT2D eigenvalue weighted by Crippen LogP contribution is 2.32. The number of nitrogens with zero attached hydrogens (tertiary/aromatic N) is 4. The van der Waals surface area contributed by atoms with Crippen molar-refractivity contribution in [3.8, 4) is 12.1 Å². The molecule has 0 amide bonds. The minimum absolute atomic E-state index is 0.502. The van der Waals surface area contributed by atoms with E-state index in [4.69, 9.17) is 18.4 Å². The van der Waals surface area contributed by atoms with Gasteiger partial charge in [-0.15, -0.1) is 0 Å². The zero-order valence-corrected chi connectivity index (χ0v) is 22.2. The second kappa shape index (κ2) is 10.6. The lowest BCUT2D eigenvalue weighted by atomic mass is 9.82. The minimum Gasteiger partial charge on any atom is -0.306 e. The Morgan fingerprint density at radius 1 is 0.686 bits per heavy atom. The van der Waals surface area contributed by atoms with Gasteiger partial charge in [0, 0.05) is 44.4 Å². The predicted octanol–water partition coefficient (Wildman–Crippen LogP) is 7.41. The lowest BCUT2D eigenvalue weighted by molar-refractivity contribution is 0.112. The maximum Gasteiger partial charge on any atom is 0.252 e. The summed E-state index contributed by atoms with van der Waals surface area (Å²) >= 11 is 0. The molecule has 5 nitrogen and oxygen atoms in total. The monoisotopic (exact) mass is 466 g/mol. The van der Waals surface area contributed by atoms with E-state index in [0.29, 0.717) is 5.56 Å². The Morgan fingerprint density at radius 3 is 1.40 bits per heavy atom. The van der Waals surface area contributed by atoms with Crippen molar-refractivity contribution in [2.24, 2.45) is 0 Å². The number of hydrogen-bond donors (Lipinski definition) is 0. The number of hydrogen-bond acceptors (Lipinski definition) is 3. The highest BCUT2D eigenvalue weighted by Gasteiger charge is 2.30. The average molecular weight is 467 g/mol. The van der Waals surface area contributed by atoms with E-state index in [-0.39, 0.29) is 0 Å². The van der Waals surface area contributed by atoms with Crippen LogP contribution in [0.2, 0.25) is 0 Å². The largest absolute Gasteiger partial charge is 0.306 e. The van der Waals surface area contributed by atoms with Crippen LogP contribution in [0.15, 0.2) is 36.4 Å². The molecule has 0 unspecified atom stereocenters. The summed E-state index contributed by atoms with van der Waals surface area (Å²) in [6.07, 6.45) is 0.750. The molecule has 0 atom stereocenters. The van der Waals surface area contributed by atoms with Gasteiger partial charge in [0.2, 0.25) is 0 Å². The van der Waals surface area contributed by atoms with Crippen LogP contribution in [0.4, 0.5) is 0 Å². The van der Waals surface area contributed by atoms with Crippen LogP contribution in [0.1, 0.15) is 93.6 Å². The highest BCUT2D eigenvalue weighted by molar-refractivity contribution is 5.76. The quantitative estimate of drug-likeness (QED) is 0.340. The fourth-order valence-corrected chi connectivity index (χ4v) is 3.19. The molecule has 0 aliphatic carbocycles. The summed E-state index contributed by atoms with van der Waals surface area (Å²) in [5.74, 6) is 0. The minimum atomic E-state index is -0.695. The molecule has 2 aromatic rings. The van der Waals surface area contributed by atoms with E-state index >= 15 is 0 Å². The zero-order chi connectivity index (χ0) is 27.2. The van der Waals surface area contributed by atoms with Gasteiger partial charge in [0.25, 0.3) is 11.1 Å². The van der Waals surface area contributed by atoms with Gasteiger partial charge in [-0.25, -0.2) is 13.1 Å². The van der Waals surface area contributed by atoms with Gasteiger partial charge in [0.15, 0.2) is 0 Å². The molecular formula is C30H34N4O. The molecule has 2 rings (SSSR count). The van der Waals surface area contributed by atoms with E-state index in [1.807, 2.05) is 58.9 Å². The molecule has 0 aliphatic heterocycles. The van der Waals surface area contributed by atoms with Crippen LogP contribution in [0.25, 0.3) is 9.69 Å². The maximum absolute atomic E-state index is 11.0. The van der Waals surface area contributed by atoms with Gasteiger partial charge < -0.3 is 9.69 Å². The third-order valence-electron chi connectivity index (χ3n) is 6.14. The number of carbonyl (C=O) groups is 1. The number of aryl methyl sites for hydroxylation is 1. The molecule has 0 radical (unpaired) electrons. The van der Waals surface area contributed by atoms with Gasteiger partial charge in [0.1, 0.15) is 6.29 Å². The summed E-state index contributed by atoms with van der Waals surface area (Å²) in [5.41, 5.74) is 2.66. The van der Waals surface area contributed by atoms with Crippen LogP contribution in [0.5, 0.6) is 0 Å². The van der Waals surface area contributed by atoms with Gasteiger partial charge in [-0.05, 0) is 76.1 Å². The van der Waals surface area contributed by atoms with Gasteiger partial charge >= 0.3 is 0 Å². The third kappa shape index (κ3) is 7.03. The number of nitriles is 2. The Hall–Kier alpha value is -3.93. The van der Waals surface area contributed by atoms with Crippen molar-refractivity contribution in [1.29, 1.82) is 10.5 Å². The van der Waals surface area contributed by atoms with Crippen molar-refractivity contribution in [2.45, 2.75) is 84.2 Å².